The molecule has 0 saturated heterocycles. The lowest BCUT2D eigenvalue weighted by Crippen LogP contribution is -2.29. The summed E-state index contributed by atoms with van der Waals surface area (Å²) in [5.41, 5.74) is 4.18. The molecular weight excluding hydrogens is 481 g/mol. The topological polar surface area (TPSA) is 104 Å². The molecule has 1 unspecified atom stereocenters. The maximum atomic E-state index is 14.0. The average molecular weight is 512 g/mol. The highest BCUT2D eigenvalue weighted by Crippen LogP contribution is 2.32. The van der Waals surface area contributed by atoms with Crippen LogP contribution in [0.5, 0.6) is 5.75 Å². The van der Waals surface area contributed by atoms with Crippen molar-refractivity contribution in [2.45, 2.75) is 33.7 Å². The average Bonchev–Trinajstić information content (AvgIpc) is 3.31. The molecule has 2 N–H and O–H groups in total. The Balaban J connectivity index is 1.56. The van der Waals surface area contributed by atoms with Crippen molar-refractivity contribution in [3.8, 4) is 34.2 Å². The van der Waals surface area contributed by atoms with Crippen molar-refractivity contribution < 1.29 is 14.3 Å². The number of aromatic hydroxyl groups is 1. The quantitative estimate of drug-likeness (QED) is 0.305. The number of phenols is 1. The Labute approximate surface area is 221 Å². The minimum absolute atomic E-state index is 0.0260. The van der Waals surface area contributed by atoms with E-state index in [0.29, 0.717) is 36.7 Å². The maximum absolute atomic E-state index is 14.0. The van der Waals surface area contributed by atoms with Crippen LogP contribution in [-0.2, 0) is 13.0 Å². The number of benzene rings is 2. The third kappa shape index (κ3) is 6.24. The van der Waals surface area contributed by atoms with Crippen molar-refractivity contribution in [2.24, 2.45) is 11.8 Å². The Hall–Kier alpha value is -4.51. The van der Waals surface area contributed by atoms with Gasteiger partial charge in [-0.05, 0) is 66.3 Å². The third-order valence-corrected chi connectivity index (χ3v) is 6.12. The van der Waals surface area contributed by atoms with Gasteiger partial charge in [0.1, 0.15) is 23.3 Å². The number of carbonyl (C=O) groups excluding carboxylic acids is 1. The van der Waals surface area contributed by atoms with Gasteiger partial charge in [-0.2, -0.15) is 10.4 Å². The Morgan fingerprint density at radius 3 is 2.66 bits per heavy atom. The van der Waals surface area contributed by atoms with Gasteiger partial charge in [0, 0.05) is 42.3 Å². The summed E-state index contributed by atoms with van der Waals surface area (Å²) < 4.78 is 15.9. The van der Waals surface area contributed by atoms with Crippen molar-refractivity contribution in [1.29, 1.82) is 5.26 Å². The number of nitrogens with zero attached hydrogens (tertiary/aromatic N) is 4. The summed E-state index contributed by atoms with van der Waals surface area (Å²) in [6.07, 6.45) is 4.34. The zero-order chi connectivity index (χ0) is 27.2. The molecule has 0 fully saturated rings. The summed E-state index contributed by atoms with van der Waals surface area (Å²) in [5, 5.41) is 26.9. The lowest BCUT2D eigenvalue weighted by molar-refractivity contribution is 0.0945. The standard InChI is InChI=1S/C30H30FN5O2/c1-19(2)17-36-18-26(29(35-36)22-8-9-27(31)23(13-22)15-32)21-10-11-33-24(14-21)12-20(3)16-34-30(38)25-6-4-5-7-28(25)37/h4-11,13-14,18-20,37H,12,16-17H2,1-3H3,(H,34,38). The Morgan fingerprint density at radius 1 is 1.13 bits per heavy atom. The molecular formula is C30H30FN5O2. The molecule has 0 aliphatic rings. The van der Waals surface area contributed by atoms with Crippen LogP contribution in [0, 0.1) is 29.0 Å². The van der Waals surface area contributed by atoms with Crippen LogP contribution in [-0.4, -0.2) is 32.3 Å². The molecule has 194 valence electrons. The van der Waals surface area contributed by atoms with E-state index in [9.17, 15) is 19.6 Å². The molecule has 1 atom stereocenters. The molecule has 2 aromatic carbocycles. The van der Waals surface area contributed by atoms with Crippen molar-refractivity contribution in [1.82, 2.24) is 20.1 Å². The molecule has 8 heteroatoms. The fraction of sp³-hybridized carbons (Fsp3) is 0.267. The monoisotopic (exact) mass is 511 g/mol. The number of phenolic OH excluding ortho intramolecular Hbond substituents is 1. The first-order chi connectivity index (χ1) is 18.2. The second-order valence-electron chi connectivity index (χ2n) is 9.89. The van der Waals surface area contributed by atoms with Crippen LogP contribution in [0.25, 0.3) is 22.4 Å². The van der Waals surface area contributed by atoms with Gasteiger partial charge in [-0.25, -0.2) is 4.39 Å². The molecule has 7 nitrogen and oxygen atoms in total. The molecule has 0 radical (unpaired) electrons. The number of nitrogens with one attached hydrogen (secondary N) is 1. The van der Waals surface area contributed by atoms with Gasteiger partial charge in [-0.15, -0.1) is 0 Å². The fourth-order valence-corrected chi connectivity index (χ4v) is 4.29. The number of rotatable bonds is 9. The van der Waals surface area contributed by atoms with Crippen LogP contribution in [0.3, 0.4) is 0 Å². The molecule has 0 saturated carbocycles. The van der Waals surface area contributed by atoms with Crippen LogP contribution < -0.4 is 5.32 Å². The summed E-state index contributed by atoms with van der Waals surface area (Å²) in [6, 6.07) is 16.7. The summed E-state index contributed by atoms with van der Waals surface area (Å²) in [6.45, 7) is 7.37. The van der Waals surface area contributed by atoms with Gasteiger partial charge in [-0.3, -0.25) is 14.5 Å². The second kappa shape index (κ2) is 11.7. The first-order valence-corrected chi connectivity index (χ1v) is 12.5. The van der Waals surface area contributed by atoms with E-state index in [2.05, 4.69) is 24.1 Å². The molecule has 0 aliphatic carbocycles. The molecule has 4 rings (SSSR count). The minimum Gasteiger partial charge on any atom is -0.507 e. The number of nitriles is 1. The number of hydrogen-bond donors (Lipinski definition) is 2. The number of amides is 1. The zero-order valence-corrected chi connectivity index (χ0v) is 21.6. The zero-order valence-electron chi connectivity index (χ0n) is 21.6. The highest BCUT2D eigenvalue weighted by atomic mass is 19.1. The van der Waals surface area contributed by atoms with E-state index in [0.717, 1.165) is 16.8 Å². The lowest BCUT2D eigenvalue weighted by atomic mass is 9.98. The first kappa shape index (κ1) is 26.6. The molecule has 4 aromatic rings. The SMILES string of the molecule is CC(C)Cn1cc(-c2ccnc(CC(C)CNC(=O)c3ccccc3O)c2)c(-c2ccc(F)c(C#N)c2)n1. The number of para-hydroxylation sites is 1. The predicted octanol–water partition coefficient (Wildman–Crippen LogP) is 5.59. The van der Waals surface area contributed by atoms with Gasteiger partial charge in [-0.1, -0.05) is 32.9 Å². The van der Waals surface area contributed by atoms with Crippen LogP contribution in [0.15, 0.2) is 67.0 Å². The number of halogens is 1. The van der Waals surface area contributed by atoms with Crippen molar-refractivity contribution >= 4 is 5.91 Å². The van der Waals surface area contributed by atoms with Gasteiger partial charge in [0.15, 0.2) is 0 Å². The normalized spacial score (nSPS) is 11.8. The molecule has 1 amide bonds. The number of hydrogen-bond acceptors (Lipinski definition) is 5. The second-order valence-corrected chi connectivity index (χ2v) is 9.89. The molecule has 0 spiro atoms. The summed E-state index contributed by atoms with van der Waals surface area (Å²) >= 11 is 0. The summed E-state index contributed by atoms with van der Waals surface area (Å²) in [7, 11) is 0. The van der Waals surface area contributed by atoms with E-state index in [4.69, 9.17) is 5.10 Å². The summed E-state index contributed by atoms with van der Waals surface area (Å²) in [5.74, 6) is -0.473. The van der Waals surface area contributed by atoms with Gasteiger partial charge in [0.2, 0.25) is 0 Å². The predicted molar refractivity (Wildman–Crippen MR) is 144 cm³/mol. The number of carbonyl (C=O) groups is 1. The van der Waals surface area contributed by atoms with Crippen molar-refractivity contribution in [3.63, 3.8) is 0 Å². The molecule has 0 bridgehead atoms. The Morgan fingerprint density at radius 2 is 1.92 bits per heavy atom. The van der Waals surface area contributed by atoms with Gasteiger partial charge in [0.25, 0.3) is 5.91 Å². The van der Waals surface area contributed by atoms with E-state index >= 15 is 0 Å². The Kier molecular flexibility index (Phi) is 8.17. The molecule has 0 aliphatic heterocycles. The van der Waals surface area contributed by atoms with Crippen LogP contribution in [0.1, 0.15) is 42.4 Å². The third-order valence-electron chi connectivity index (χ3n) is 6.12. The van der Waals surface area contributed by atoms with E-state index in [1.54, 1.807) is 30.5 Å². The van der Waals surface area contributed by atoms with Gasteiger partial charge >= 0.3 is 0 Å². The fourth-order valence-electron chi connectivity index (χ4n) is 4.29. The lowest BCUT2D eigenvalue weighted by Gasteiger charge is -2.13. The van der Waals surface area contributed by atoms with Gasteiger partial charge < -0.3 is 10.4 Å². The number of pyridine rings is 1. The van der Waals surface area contributed by atoms with Crippen LogP contribution >= 0.6 is 0 Å². The van der Waals surface area contributed by atoms with E-state index in [1.165, 1.54) is 18.2 Å². The van der Waals surface area contributed by atoms with Crippen molar-refractivity contribution in [3.05, 3.63) is 89.6 Å². The Bertz CT molecular complexity index is 1490. The van der Waals surface area contributed by atoms with E-state index in [1.807, 2.05) is 36.0 Å². The molecule has 2 aromatic heterocycles. The van der Waals surface area contributed by atoms with Crippen molar-refractivity contribution in [2.75, 3.05) is 6.54 Å². The van der Waals surface area contributed by atoms with E-state index in [-0.39, 0.29) is 28.7 Å². The highest BCUT2D eigenvalue weighted by molar-refractivity contribution is 5.96. The highest BCUT2D eigenvalue weighted by Gasteiger charge is 2.17. The maximum Gasteiger partial charge on any atom is 0.255 e. The van der Waals surface area contributed by atoms with Crippen LogP contribution in [0.2, 0.25) is 0 Å². The summed E-state index contributed by atoms with van der Waals surface area (Å²) in [4.78, 5) is 17.0. The smallest absolute Gasteiger partial charge is 0.255 e. The van der Waals surface area contributed by atoms with E-state index < -0.39 is 5.82 Å². The number of aromatic nitrogens is 3. The molecule has 2 heterocycles. The molecule has 38 heavy (non-hydrogen) atoms. The van der Waals surface area contributed by atoms with Gasteiger partial charge in [0.05, 0.1) is 11.1 Å². The first-order valence-electron chi connectivity index (χ1n) is 12.5. The minimum atomic E-state index is -0.561. The largest absolute Gasteiger partial charge is 0.507 e. The van der Waals surface area contributed by atoms with Crippen LogP contribution in [0.4, 0.5) is 4.39 Å².